The maximum atomic E-state index is 13.0. The van der Waals surface area contributed by atoms with Gasteiger partial charge >= 0.3 is 0 Å². The van der Waals surface area contributed by atoms with Gasteiger partial charge in [-0.25, -0.2) is 4.98 Å². The first-order valence-electron chi connectivity index (χ1n) is 11.1. The molecular weight excluding hydrogens is 424 g/mol. The summed E-state index contributed by atoms with van der Waals surface area (Å²) >= 11 is 1.52. The van der Waals surface area contributed by atoms with Crippen molar-refractivity contribution in [3.8, 4) is 5.69 Å². The van der Waals surface area contributed by atoms with E-state index in [1.807, 2.05) is 12.1 Å². The second-order valence-corrected chi connectivity index (χ2v) is 10.7. The van der Waals surface area contributed by atoms with E-state index in [-0.39, 0.29) is 23.3 Å². The molecule has 0 atom stereocenters. The normalized spacial score (nSPS) is 22.7. The fraction of sp³-hybridized carbons (Fsp3) is 0.458. The molecule has 5 rings (SSSR count). The van der Waals surface area contributed by atoms with E-state index >= 15 is 0 Å². The maximum Gasteiger partial charge on any atom is 0.250 e. The number of primary amides is 1. The van der Waals surface area contributed by atoms with Gasteiger partial charge in [0.2, 0.25) is 0 Å². The van der Waals surface area contributed by atoms with Gasteiger partial charge in [0.1, 0.15) is 10.3 Å². The number of rotatable bonds is 4. The lowest BCUT2D eigenvalue weighted by Crippen LogP contribution is -2.29. The van der Waals surface area contributed by atoms with Crippen LogP contribution in [0, 0.1) is 5.41 Å². The summed E-state index contributed by atoms with van der Waals surface area (Å²) in [5.74, 6) is -0.345. The Bertz CT molecular complexity index is 1220. The Morgan fingerprint density at radius 2 is 2.00 bits per heavy atom. The van der Waals surface area contributed by atoms with Crippen molar-refractivity contribution in [2.75, 3.05) is 5.32 Å². The summed E-state index contributed by atoms with van der Waals surface area (Å²) in [6, 6.07) is 5.78. The van der Waals surface area contributed by atoms with Crippen LogP contribution in [0.2, 0.25) is 0 Å². The van der Waals surface area contributed by atoms with E-state index < -0.39 is 5.91 Å². The monoisotopic (exact) mass is 452 g/mol. The van der Waals surface area contributed by atoms with Crippen LogP contribution in [0.15, 0.2) is 23.7 Å². The molecule has 2 aliphatic rings. The fourth-order valence-electron chi connectivity index (χ4n) is 5.16. The van der Waals surface area contributed by atoms with Crippen molar-refractivity contribution in [3.05, 3.63) is 40.5 Å². The first-order chi connectivity index (χ1) is 15.2. The third kappa shape index (κ3) is 3.61. The number of hydrogen-bond donors (Lipinski definition) is 3. The molecule has 0 unspecified atom stereocenters. The summed E-state index contributed by atoms with van der Waals surface area (Å²) < 4.78 is 2.13. The largest absolute Gasteiger partial charge is 0.393 e. The molecule has 2 heterocycles. The number of nitrogens with zero attached hydrogens (tertiary/aromatic N) is 2. The number of aliphatic hydroxyl groups excluding tert-OH is 1. The highest BCUT2D eigenvalue weighted by molar-refractivity contribution is 7.16. The highest BCUT2D eigenvalue weighted by Crippen LogP contribution is 2.42. The zero-order chi connectivity index (χ0) is 22.6. The zero-order valence-corrected chi connectivity index (χ0v) is 19.2. The minimum Gasteiger partial charge on any atom is -0.393 e. The lowest BCUT2D eigenvalue weighted by atomic mass is 9.76. The van der Waals surface area contributed by atoms with Crippen LogP contribution in [0.25, 0.3) is 16.0 Å². The van der Waals surface area contributed by atoms with Crippen LogP contribution in [0.1, 0.15) is 72.4 Å². The minimum atomic E-state index is -0.483. The minimum absolute atomic E-state index is 0.126. The number of hydrogen-bond acceptors (Lipinski definition) is 6. The first kappa shape index (κ1) is 21.2. The molecule has 2 aliphatic carbocycles. The van der Waals surface area contributed by atoms with Gasteiger partial charge in [-0.3, -0.25) is 9.59 Å². The van der Waals surface area contributed by atoms with Gasteiger partial charge in [0, 0.05) is 29.5 Å². The Hall–Kier alpha value is -2.71. The number of carbonyl (C=O) groups excluding carboxylic acids is 2. The van der Waals surface area contributed by atoms with Gasteiger partial charge in [-0.2, -0.15) is 0 Å². The summed E-state index contributed by atoms with van der Waals surface area (Å²) in [5, 5.41) is 13.3. The van der Waals surface area contributed by atoms with Crippen molar-refractivity contribution >= 4 is 39.1 Å². The molecule has 1 amide bonds. The molecule has 1 fully saturated rings. The van der Waals surface area contributed by atoms with Crippen molar-refractivity contribution in [2.24, 2.45) is 11.1 Å². The van der Waals surface area contributed by atoms with Gasteiger partial charge in [-0.15, -0.1) is 11.3 Å². The molecule has 0 saturated heterocycles. The molecule has 0 aliphatic heterocycles. The number of aromatic nitrogens is 2. The molecule has 0 radical (unpaired) electrons. The molecule has 32 heavy (non-hydrogen) atoms. The summed E-state index contributed by atoms with van der Waals surface area (Å²) in [5.41, 5.74) is 11.8. The Kier molecular flexibility index (Phi) is 5.09. The number of carbonyl (C=O) groups is 2. The second kappa shape index (κ2) is 7.71. The lowest BCUT2D eigenvalue weighted by Gasteiger charge is -2.30. The van der Waals surface area contributed by atoms with Crippen molar-refractivity contribution in [3.63, 3.8) is 0 Å². The molecule has 1 aromatic carbocycles. The van der Waals surface area contributed by atoms with Gasteiger partial charge < -0.3 is 20.7 Å². The second-order valence-electron chi connectivity index (χ2n) is 9.85. The summed E-state index contributed by atoms with van der Waals surface area (Å²) in [6.45, 7) is 4.24. The molecule has 4 N–H and O–H groups in total. The van der Waals surface area contributed by atoms with Crippen LogP contribution in [0.4, 0.5) is 5.69 Å². The standard InChI is InChI=1S/C24H28N4O3S/c1-24(2)10-18-20(19(30)11-24)21-23(32-12-26-21)28(18)14-5-8-16(22(25)31)17(9-14)27-13-3-6-15(29)7-4-13/h5,8-9,12-13,15,27,29H,3-4,6-7,10-11H2,1-2H3,(H2,25,31). The average Bonchev–Trinajstić information content (AvgIpc) is 3.28. The van der Waals surface area contributed by atoms with Crippen LogP contribution in [-0.2, 0) is 6.42 Å². The highest BCUT2D eigenvalue weighted by atomic mass is 32.1. The van der Waals surface area contributed by atoms with Gasteiger partial charge in [0.05, 0.1) is 22.7 Å². The van der Waals surface area contributed by atoms with Gasteiger partial charge in [-0.05, 0) is 55.7 Å². The van der Waals surface area contributed by atoms with E-state index in [1.165, 1.54) is 11.3 Å². The van der Waals surface area contributed by atoms with Crippen LogP contribution in [0.3, 0.4) is 0 Å². The quantitative estimate of drug-likeness (QED) is 0.553. The highest BCUT2D eigenvalue weighted by Gasteiger charge is 2.37. The number of ketones is 1. The van der Waals surface area contributed by atoms with E-state index in [0.717, 1.165) is 59.4 Å². The van der Waals surface area contributed by atoms with Crippen molar-refractivity contribution in [1.29, 1.82) is 0 Å². The predicted molar refractivity (Wildman–Crippen MR) is 126 cm³/mol. The van der Waals surface area contributed by atoms with Crippen molar-refractivity contribution < 1.29 is 14.7 Å². The number of benzene rings is 1. The average molecular weight is 453 g/mol. The molecule has 8 heteroatoms. The molecule has 3 aromatic rings. The third-order valence-electron chi connectivity index (χ3n) is 6.69. The van der Waals surface area contributed by atoms with Crippen molar-refractivity contribution in [2.45, 2.75) is 64.5 Å². The molecular formula is C24H28N4O3S. The molecule has 168 valence electrons. The van der Waals surface area contributed by atoms with Crippen LogP contribution >= 0.6 is 11.3 Å². The van der Waals surface area contributed by atoms with Crippen LogP contribution in [0.5, 0.6) is 0 Å². The van der Waals surface area contributed by atoms with Crippen molar-refractivity contribution in [1.82, 2.24) is 9.55 Å². The number of thiazole rings is 1. The SMILES string of the molecule is CC1(C)CC(=O)c2c(n(-c3ccc(C(N)=O)c(NC4CCC(O)CC4)c3)c3scnc23)C1. The number of amides is 1. The Labute approximate surface area is 190 Å². The zero-order valence-electron chi connectivity index (χ0n) is 18.4. The number of Topliss-reactive ketones (excluding diaryl/α,β-unsaturated/α-hetero) is 1. The third-order valence-corrected chi connectivity index (χ3v) is 7.50. The van der Waals surface area contributed by atoms with E-state index in [9.17, 15) is 14.7 Å². The molecule has 0 spiro atoms. The smallest absolute Gasteiger partial charge is 0.250 e. The number of anilines is 1. The van der Waals surface area contributed by atoms with E-state index in [1.54, 1.807) is 11.6 Å². The van der Waals surface area contributed by atoms with Gasteiger partial charge in [-0.1, -0.05) is 13.8 Å². The first-order valence-corrected chi connectivity index (χ1v) is 12.0. The summed E-state index contributed by atoms with van der Waals surface area (Å²) in [7, 11) is 0. The summed E-state index contributed by atoms with van der Waals surface area (Å²) in [6.07, 6.45) is 4.20. The lowest BCUT2D eigenvalue weighted by molar-refractivity contribution is 0.0911. The number of fused-ring (bicyclic) bond motifs is 3. The van der Waals surface area contributed by atoms with Gasteiger partial charge in [0.25, 0.3) is 5.91 Å². The topological polar surface area (TPSA) is 110 Å². The van der Waals surface area contributed by atoms with E-state index in [0.29, 0.717) is 17.7 Å². The predicted octanol–water partition coefficient (Wildman–Crippen LogP) is 4.06. The number of nitrogens with two attached hydrogens (primary N) is 1. The van der Waals surface area contributed by atoms with E-state index in [2.05, 4.69) is 28.7 Å². The number of nitrogens with one attached hydrogen (secondary N) is 1. The molecule has 0 bridgehead atoms. The Balaban J connectivity index is 1.62. The maximum absolute atomic E-state index is 13.0. The molecule has 7 nitrogen and oxygen atoms in total. The Morgan fingerprint density at radius 3 is 2.72 bits per heavy atom. The van der Waals surface area contributed by atoms with E-state index in [4.69, 9.17) is 5.73 Å². The summed E-state index contributed by atoms with van der Waals surface area (Å²) in [4.78, 5) is 30.6. The molecule has 2 aromatic heterocycles. The van der Waals surface area contributed by atoms with Gasteiger partial charge in [0.15, 0.2) is 5.78 Å². The van der Waals surface area contributed by atoms with Crippen LogP contribution in [-0.4, -0.2) is 38.5 Å². The number of aliphatic hydroxyl groups is 1. The fourth-order valence-corrected chi connectivity index (χ4v) is 6.00. The Morgan fingerprint density at radius 1 is 1.25 bits per heavy atom. The molecule has 1 saturated carbocycles. The van der Waals surface area contributed by atoms with Crippen LogP contribution < -0.4 is 11.1 Å².